The number of hydrogen-bond acceptors (Lipinski definition) is 4. The van der Waals surface area contributed by atoms with E-state index >= 15 is 0 Å². The number of alkyl halides is 3. The van der Waals surface area contributed by atoms with Gasteiger partial charge in [-0.1, -0.05) is 13.8 Å². The summed E-state index contributed by atoms with van der Waals surface area (Å²) in [6.07, 6.45) is 0. The van der Waals surface area contributed by atoms with Gasteiger partial charge >= 0.3 is 15.6 Å². The third-order valence-electron chi connectivity index (χ3n) is 3.66. The molecule has 0 spiro atoms. The second-order valence-electron chi connectivity index (χ2n) is 5.78. The standard InChI is InChI=1S/C15H16F3NO4S/c1-8(2)10-6-12-11(5-9(3)14(20)19(12)4)13(7-10)23-24(21,22)15(16,17)18/h5-8H,1-4H3. The maximum absolute atomic E-state index is 12.6. The van der Waals surface area contributed by atoms with Gasteiger partial charge in [-0.05, 0) is 36.6 Å². The van der Waals surface area contributed by atoms with Crippen molar-refractivity contribution in [1.82, 2.24) is 4.57 Å². The number of nitrogens with zero attached hydrogens (tertiary/aromatic N) is 1. The molecule has 0 radical (unpaired) electrons. The third-order valence-corrected chi connectivity index (χ3v) is 4.62. The molecule has 2 rings (SSSR count). The second-order valence-corrected chi connectivity index (χ2v) is 7.32. The van der Waals surface area contributed by atoms with Gasteiger partial charge in [-0.15, -0.1) is 0 Å². The lowest BCUT2D eigenvalue weighted by Crippen LogP contribution is -2.28. The van der Waals surface area contributed by atoms with E-state index in [0.29, 0.717) is 11.1 Å². The van der Waals surface area contributed by atoms with Crippen LogP contribution in [0.5, 0.6) is 5.75 Å². The first-order chi connectivity index (χ1) is 10.8. The number of benzene rings is 1. The molecule has 132 valence electrons. The van der Waals surface area contributed by atoms with Crippen LogP contribution in [0.2, 0.25) is 0 Å². The van der Waals surface area contributed by atoms with Crippen LogP contribution >= 0.6 is 0 Å². The van der Waals surface area contributed by atoms with Crippen molar-refractivity contribution >= 4 is 21.0 Å². The molecule has 1 aromatic heterocycles. The van der Waals surface area contributed by atoms with Gasteiger partial charge in [-0.25, -0.2) is 0 Å². The quantitative estimate of drug-likeness (QED) is 0.621. The molecule has 0 saturated heterocycles. The summed E-state index contributed by atoms with van der Waals surface area (Å²) >= 11 is 0. The molecule has 1 heterocycles. The summed E-state index contributed by atoms with van der Waals surface area (Å²) in [5, 5.41) is 0.117. The van der Waals surface area contributed by atoms with Crippen LogP contribution in [-0.4, -0.2) is 18.5 Å². The molecule has 0 atom stereocenters. The molecule has 24 heavy (non-hydrogen) atoms. The van der Waals surface area contributed by atoms with Gasteiger partial charge < -0.3 is 8.75 Å². The predicted molar refractivity (Wildman–Crippen MR) is 83.6 cm³/mol. The number of pyridine rings is 1. The van der Waals surface area contributed by atoms with Crippen LogP contribution in [0.4, 0.5) is 13.2 Å². The van der Waals surface area contributed by atoms with Crippen LogP contribution in [0.3, 0.4) is 0 Å². The molecule has 0 N–H and O–H groups in total. The van der Waals surface area contributed by atoms with E-state index in [1.807, 2.05) is 0 Å². The smallest absolute Gasteiger partial charge is 0.375 e. The lowest BCUT2D eigenvalue weighted by Gasteiger charge is -2.16. The average molecular weight is 363 g/mol. The molecule has 2 aromatic rings. The molecule has 5 nitrogen and oxygen atoms in total. The number of hydrogen-bond donors (Lipinski definition) is 0. The highest BCUT2D eigenvalue weighted by Gasteiger charge is 2.48. The molecule has 1 aromatic carbocycles. The third kappa shape index (κ3) is 3.12. The van der Waals surface area contributed by atoms with Gasteiger partial charge in [0.05, 0.1) is 5.52 Å². The molecule has 0 bridgehead atoms. The Hall–Kier alpha value is -2.03. The Labute approximate surface area is 136 Å². The Morgan fingerprint density at radius 1 is 1.17 bits per heavy atom. The van der Waals surface area contributed by atoms with Crippen LogP contribution in [0.25, 0.3) is 10.9 Å². The Kier molecular flexibility index (Phi) is 4.43. The number of fused-ring (bicyclic) bond motifs is 1. The van der Waals surface area contributed by atoms with E-state index in [1.54, 1.807) is 19.9 Å². The van der Waals surface area contributed by atoms with Crippen LogP contribution in [-0.2, 0) is 17.2 Å². The van der Waals surface area contributed by atoms with Crippen molar-refractivity contribution < 1.29 is 25.8 Å². The molecule has 0 unspecified atom stereocenters. The topological polar surface area (TPSA) is 65.4 Å². The maximum atomic E-state index is 12.6. The van der Waals surface area contributed by atoms with E-state index in [0.717, 1.165) is 0 Å². The van der Waals surface area contributed by atoms with Crippen molar-refractivity contribution in [1.29, 1.82) is 0 Å². The summed E-state index contributed by atoms with van der Waals surface area (Å²) in [6, 6.07) is 4.21. The normalized spacial score (nSPS) is 12.8. The van der Waals surface area contributed by atoms with Gasteiger partial charge in [0.25, 0.3) is 5.56 Å². The molecule has 0 saturated carbocycles. The molecule has 0 aliphatic rings. The minimum atomic E-state index is -5.81. The highest BCUT2D eigenvalue weighted by Crippen LogP contribution is 2.34. The Balaban J connectivity index is 2.84. The summed E-state index contributed by atoms with van der Waals surface area (Å²) in [7, 11) is -4.35. The molecule has 0 aliphatic heterocycles. The number of aromatic nitrogens is 1. The molecule has 0 amide bonds. The first kappa shape index (κ1) is 18.3. The van der Waals surface area contributed by atoms with Gasteiger partial charge in [-0.2, -0.15) is 21.6 Å². The number of rotatable bonds is 3. The predicted octanol–water partition coefficient (Wildman–Crippen LogP) is 3.20. The highest BCUT2D eigenvalue weighted by atomic mass is 32.2. The molecule has 0 fully saturated rings. The lowest BCUT2D eigenvalue weighted by atomic mass is 10.00. The first-order valence-electron chi connectivity index (χ1n) is 7.00. The van der Waals surface area contributed by atoms with Crippen molar-refractivity contribution in [3.05, 3.63) is 39.7 Å². The zero-order valence-corrected chi connectivity index (χ0v) is 14.2. The van der Waals surface area contributed by atoms with Gasteiger partial charge in [0, 0.05) is 18.0 Å². The van der Waals surface area contributed by atoms with Gasteiger partial charge in [0.15, 0.2) is 5.75 Å². The minimum Gasteiger partial charge on any atom is -0.375 e. The Morgan fingerprint density at radius 3 is 2.25 bits per heavy atom. The van der Waals surface area contributed by atoms with Crippen LogP contribution < -0.4 is 9.74 Å². The fraction of sp³-hybridized carbons (Fsp3) is 0.400. The average Bonchev–Trinajstić information content (AvgIpc) is 2.44. The van der Waals surface area contributed by atoms with Crippen LogP contribution in [0.1, 0.15) is 30.9 Å². The molecule has 0 aliphatic carbocycles. The maximum Gasteiger partial charge on any atom is 0.534 e. The van der Waals surface area contributed by atoms with Gasteiger partial charge in [0.1, 0.15) is 0 Å². The van der Waals surface area contributed by atoms with Crippen molar-refractivity contribution in [3.8, 4) is 5.75 Å². The van der Waals surface area contributed by atoms with E-state index in [9.17, 15) is 26.4 Å². The largest absolute Gasteiger partial charge is 0.534 e. The monoisotopic (exact) mass is 363 g/mol. The zero-order chi connectivity index (χ0) is 18.4. The van der Waals surface area contributed by atoms with Crippen LogP contribution in [0.15, 0.2) is 23.0 Å². The van der Waals surface area contributed by atoms with Crippen molar-refractivity contribution in [2.75, 3.05) is 0 Å². The highest BCUT2D eigenvalue weighted by molar-refractivity contribution is 7.88. The fourth-order valence-corrected chi connectivity index (χ4v) is 2.74. The minimum absolute atomic E-state index is 0.109. The first-order valence-corrected chi connectivity index (χ1v) is 8.41. The summed E-state index contributed by atoms with van der Waals surface area (Å²) < 4.78 is 66.2. The van der Waals surface area contributed by atoms with Crippen molar-refractivity contribution in [2.24, 2.45) is 7.05 Å². The van der Waals surface area contributed by atoms with E-state index in [1.165, 1.54) is 30.7 Å². The SMILES string of the molecule is Cc1cc2c(OS(=O)(=O)C(F)(F)F)cc(C(C)C)cc2n(C)c1=O. The number of aryl methyl sites for hydroxylation is 2. The van der Waals surface area contributed by atoms with Gasteiger partial charge in [-0.3, -0.25) is 4.79 Å². The van der Waals surface area contributed by atoms with Crippen LogP contribution in [0, 0.1) is 6.92 Å². The summed E-state index contributed by atoms with van der Waals surface area (Å²) in [4.78, 5) is 12.0. The molecular weight excluding hydrogens is 347 g/mol. The molecular formula is C15H16F3NO4S. The summed E-state index contributed by atoms with van der Waals surface area (Å²) in [5.74, 6) is -0.561. The van der Waals surface area contributed by atoms with E-state index < -0.39 is 21.4 Å². The van der Waals surface area contributed by atoms with Crippen molar-refractivity contribution in [3.63, 3.8) is 0 Å². The summed E-state index contributed by atoms with van der Waals surface area (Å²) in [6.45, 7) is 5.06. The Morgan fingerprint density at radius 2 is 1.75 bits per heavy atom. The zero-order valence-electron chi connectivity index (χ0n) is 13.4. The van der Waals surface area contributed by atoms with E-state index in [2.05, 4.69) is 4.18 Å². The second kappa shape index (κ2) is 5.80. The van der Waals surface area contributed by atoms with Crippen molar-refractivity contribution in [2.45, 2.75) is 32.2 Å². The van der Waals surface area contributed by atoms with Gasteiger partial charge in [0.2, 0.25) is 0 Å². The fourth-order valence-electron chi connectivity index (χ4n) is 2.28. The lowest BCUT2D eigenvalue weighted by molar-refractivity contribution is -0.0499. The molecule has 9 heteroatoms. The Bertz CT molecular complexity index is 959. The summed E-state index contributed by atoms with van der Waals surface area (Å²) in [5.41, 5.74) is -4.76. The number of halogens is 3. The van der Waals surface area contributed by atoms with E-state index in [4.69, 9.17) is 0 Å². The van der Waals surface area contributed by atoms with E-state index in [-0.39, 0.29) is 22.4 Å².